The fourth-order valence-corrected chi connectivity index (χ4v) is 2.33. The number of hydrogen-bond acceptors (Lipinski definition) is 1. The fraction of sp³-hybridized carbons (Fsp3) is 1.00. The highest BCUT2D eigenvalue weighted by Crippen LogP contribution is 2.62. The molecule has 9 heavy (non-hydrogen) atoms. The van der Waals surface area contributed by atoms with Gasteiger partial charge in [-0.3, -0.25) is 0 Å². The van der Waals surface area contributed by atoms with Gasteiger partial charge in [-0.25, -0.2) is 0 Å². The predicted molar refractivity (Wildman–Crippen MR) is 36.9 cm³/mol. The summed E-state index contributed by atoms with van der Waals surface area (Å²) >= 11 is 11.8. The van der Waals surface area contributed by atoms with Crippen molar-refractivity contribution < 1.29 is 4.74 Å². The van der Waals surface area contributed by atoms with Crippen molar-refractivity contribution in [3.63, 3.8) is 0 Å². The van der Waals surface area contributed by atoms with Crippen molar-refractivity contribution in [2.75, 3.05) is 13.2 Å². The summed E-state index contributed by atoms with van der Waals surface area (Å²) in [5.74, 6) is 0.948. The van der Waals surface area contributed by atoms with Crippen molar-refractivity contribution in [2.24, 2.45) is 11.8 Å². The molecule has 3 heteroatoms. The maximum Gasteiger partial charge on any atom is 0.127 e. The number of halogens is 2. The van der Waals surface area contributed by atoms with E-state index < -0.39 is 4.33 Å². The third kappa shape index (κ3) is 0.787. The number of hydrogen-bond donors (Lipinski definition) is 0. The Bertz CT molecular complexity index is 121. The molecule has 0 amide bonds. The van der Waals surface area contributed by atoms with Crippen molar-refractivity contribution in [2.45, 2.75) is 10.8 Å². The van der Waals surface area contributed by atoms with E-state index in [2.05, 4.69) is 0 Å². The third-order valence-corrected chi connectivity index (χ3v) is 3.36. The van der Waals surface area contributed by atoms with Gasteiger partial charge in [0.05, 0.1) is 6.61 Å². The molecule has 2 aliphatic rings. The van der Waals surface area contributed by atoms with Crippen LogP contribution in [0.4, 0.5) is 0 Å². The molecular weight excluding hydrogens is 159 g/mol. The Labute approximate surface area is 64.3 Å². The van der Waals surface area contributed by atoms with Gasteiger partial charge in [0.15, 0.2) is 0 Å². The molecule has 0 aromatic heterocycles. The molecule has 1 nitrogen and oxygen atoms in total. The van der Waals surface area contributed by atoms with Crippen LogP contribution in [0.25, 0.3) is 0 Å². The molecule has 1 saturated heterocycles. The summed E-state index contributed by atoms with van der Waals surface area (Å²) in [7, 11) is 0. The number of ether oxygens (including phenoxy) is 1. The maximum absolute atomic E-state index is 5.90. The zero-order valence-corrected chi connectivity index (χ0v) is 6.45. The van der Waals surface area contributed by atoms with E-state index >= 15 is 0 Å². The Kier molecular flexibility index (Phi) is 1.24. The lowest BCUT2D eigenvalue weighted by atomic mass is 10.2. The van der Waals surface area contributed by atoms with Crippen LogP contribution in [0.2, 0.25) is 0 Å². The van der Waals surface area contributed by atoms with Crippen molar-refractivity contribution in [1.29, 1.82) is 0 Å². The van der Waals surface area contributed by atoms with E-state index in [0.29, 0.717) is 11.8 Å². The molecule has 0 aromatic rings. The van der Waals surface area contributed by atoms with Gasteiger partial charge in [0.1, 0.15) is 4.33 Å². The van der Waals surface area contributed by atoms with E-state index in [1.54, 1.807) is 0 Å². The monoisotopic (exact) mass is 166 g/mol. The van der Waals surface area contributed by atoms with Crippen LogP contribution in [-0.4, -0.2) is 17.5 Å². The SMILES string of the molecule is ClC1(Cl)C2CCOCC21. The minimum absolute atomic E-state index is 0.426. The van der Waals surface area contributed by atoms with Crippen LogP contribution in [0.3, 0.4) is 0 Å². The molecule has 1 heterocycles. The van der Waals surface area contributed by atoms with E-state index in [4.69, 9.17) is 27.9 Å². The topological polar surface area (TPSA) is 9.23 Å². The second-order valence-electron chi connectivity index (χ2n) is 2.75. The number of fused-ring (bicyclic) bond motifs is 1. The Hall–Kier alpha value is 0.540. The quantitative estimate of drug-likeness (QED) is 0.500. The molecule has 0 radical (unpaired) electrons. The van der Waals surface area contributed by atoms with Crippen LogP contribution >= 0.6 is 23.2 Å². The standard InChI is InChI=1S/C6H8Cl2O/c7-6(8)4-1-2-9-3-5(4)6/h4-5H,1-3H2. The Morgan fingerprint density at radius 1 is 1.33 bits per heavy atom. The van der Waals surface area contributed by atoms with Gasteiger partial charge in [0.2, 0.25) is 0 Å². The van der Waals surface area contributed by atoms with Gasteiger partial charge >= 0.3 is 0 Å². The summed E-state index contributed by atoms with van der Waals surface area (Å²) in [6, 6.07) is 0. The van der Waals surface area contributed by atoms with Crippen LogP contribution in [0, 0.1) is 11.8 Å². The molecule has 1 aliphatic heterocycles. The first kappa shape index (κ1) is 6.26. The molecule has 52 valence electrons. The molecule has 2 fully saturated rings. The minimum atomic E-state index is -0.434. The lowest BCUT2D eigenvalue weighted by molar-refractivity contribution is 0.0888. The highest BCUT2D eigenvalue weighted by molar-refractivity contribution is 6.51. The van der Waals surface area contributed by atoms with Gasteiger partial charge in [0, 0.05) is 18.4 Å². The summed E-state index contributed by atoms with van der Waals surface area (Å²) in [5, 5.41) is 0. The first-order valence-corrected chi connectivity index (χ1v) is 3.94. The minimum Gasteiger partial charge on any atom is -0.381 e. The van der Waals surface area contributed by atoms with E-state index in [9.17, 15) is 0 Å². The second-order valence-corrected chi connectivity index (χ2v) is 4.20. The summed E-state index contributed by atoms with van der Waals surface area (Å²) < 4.78 is 4.76. The lowest BCUT2D eigenvalue weighted by Gasteiger charge is -2.06. The molecule has 0 aromatic carbocycles. The summed E-state index contributed by atoms with van der Waals surface area (Å²) in [6.07, 6.45) is 1.04. The van der Waals surface area contributed by atoms with Gasteiger partial charge in [-0.15, -0.1) is 23.2 Å². The zero-order valence-electron chi connectivity index (χ0n) is 4.94. The first-order valence-electron chi connectivity index (χ1n) is 3.18. The number of rotatable bonds is 0. The average Bonchev–Trinajstić information content (AvgIpc) is 2.39. The van der Waals surface area contributed by atoms with Crippen molar-refractivity contribution in [3.05, 3.63) is 0 Å². The van der Waals surface area contributed by atoms with Crippen LogP contribution in [0.5, 0.6) is 0 Å². The molecule has 2 atom stereocenters. The van der Waals surface area contributed by atoms with Crippen molar-refractivity contribution in [3.8, 4) is 0 Å². The third-order valence-electron chi connectivity index (χ3n) is 2.24. The molecule has 0 spiro atoms. The molecule has 1 aliphatic carbocycles. The van der Waals surface area contributed by atoms with Crippen molar-refractivity contribution >= 4 is 23.2 Å². The van der Waals surface area contributed by atoms with Gasteiger partial charge in [-0.05, 0) is 6.42 Å². The molecular formula is C6H8Cl2O. The molecule has 2 unspecified atom stereocenters. The largest absolute Gasteiger partial charge is 0.381 e. The van der Waals surface area contributed by atoms with Crippen molar-refractivity contribution in [1.82, 2.24) is 0 Å². The molecule has 1 saturated carbocycles. The van der Waals surface area contributed by atoms with E-state index in [-0.39, 0.29) is 0 Å². The molecule has 0 N–H and O–H groups in total. The summed E-state index contributed by atoms with van der Waals surface area (Å²) in [6.45, 7) is 1.60. The zero-order chi connectivity index (χ0) is 6.48. The lowest BCUT2D eigenvalue weighted by Crippen LogP contribution is -2.07. The average molecular weight is 167 g/mol. The van der Waals surface area contributed by atoms with Gasteiger partial charge in [0.25, 0.3) is 0 Å². The van der Waals surface area contributed by atoms with Crippen LogP contribution < -0.4 is 0 Å². The van der Waals surface area contributed by atoms with Crippen LogP contribution in [-0.2, 0) is 4.74 Å². The predicted octanol–water partition coefficient (Wildman–Crippen LogP) is 1.83. The Morgan fingerprint density at radius 3 is 2.56 bits per heavy atom. The Morgan fingerprint density at radius 2 is 2.11 bits per heavy atom. The highest BCUT2D eigenvalue weighted by atomic mass is 35.5. The van der Waals surface area contributed by atoms with E-state index in [0.717, 1.165) is 19.6 Å². The first-order chi connectivity index (χ1) is 4.23. The second kappa shape index (κ2) is 1.77. The molecule has 0 bridgehead atoms. The number of alkyl halides is 2. The van der Waals surface area contributed by atoms with Gasteiger partial charge in [-0.2, -0.15) is 0 Å². The molecule has 2 rings (SSSR count). The smallest absolute Gasteiger partial charge is 0.127 e. The normalized spacial score (nSPS) is 46.0. The van der Waals surface area contributed by atoms with Gasteiger partial charge < -0.3 is 4.74 Å². The van der Waals surface area contributed by atoms with Crippen LogP contribution in [0.15, 0.2) is 0 Å². The maximum atomic E-state index is 5.90. The highest BCUT2D eigenvalue weighted by Gasteiger charge is 2.63. The fourth-order valence-electron chi connectivity index (χ4n) is 1.50. The van der Waals surface area contributed by atoms with Crippen LogP contribution in [0.1, 0.15) is 6.42 Å². The van der Waals surface area contributed by atoms with E-state index in [1.165, 1.54) is 0 Å². The summed E-state index contributed by atoms with van der Waals surface area (Å²) in [5.41, 5.74) is 0. The summed E-state index contributed by atoms with van der Waals surface area (Å²) in [4.78, 5) is 0. The van der Waals surface area contributed by atoms with Gasteiger partial charge in [-0.1, -0.05) is 0 Å². The van der Waals surface area contributed by atoms with E-state index in [1.807, 2.05) is 0 Å². The Balaban J connectivity index is 2.06.